The first kappa shape index (κ1) is 13.2. The fourth-order valence-corrected chi connectivity index (χ4v) is 5.12. The lowest BCUT2D eigenvalue weighted by Crippen LogP contribution is -2.58. The summed E-state index contributed by atoms with van der Waals surface area (Å²) < 4.78 is 0. The Hall–Kier alpha value is -1.51. The fraction of sp³-hybridized carbons (Fsp3) is 0.611. The van der Waals surface area contributed by atoms with E-state index in [0.717, 1.165) is 25.5 Å². The van der Waals surface area contributed by atoms with Gasteiger partial charge in [-0.25, -0.2) is 0 Å². The van der Waals surface area contributed by atoms with Gasteiger partial charge in [0.1, 0.15) is 0 Å². The lowest BCUT2D eigenvalue weighted by molar-refractivity contribution is 0.101. The van der Waals surface area contributed by atoms with E-state index in [4.69, 9.17) is 5.73 Å². The van der Waals surface area contributed by atoms with Gasteiger partial charge in [0.25, 0.3) is 0 Å². The zero-order valence-electron chi connectivity index (χ0n) is 12.9. The maximum absolute atomic E-state index is 6.25. The van der Waals surface area contributed by atoms with E-state index < -0.39 is 0 Å². The molecule has 0 amide bonds. The highest BCUT2D eigenvalue weighted by atomic mass is 15.4. The van der Waals surface area contributed by atoms with Crippen molar-refractivity contribution in [2.24, 2.45) is 22.6 Å². The zero-order chi connectivity index (χ0) is 14.4. The summed E-state index contributed by atoms with van der Waals surface area (Å²) in [4.78, 5) is 7.15. The molecule has 2 atom stereocenters. The largest absolute Gasteiger partial charge is 0.370 e. The second-order valence-corrected chi connectivity index (χ2v) is 6.97. The van der Waals surface area contributed by atoms with Crippen molar-refractivity contribution in [2.45, 2.75) is 44.6 Å². The molecule has 1 heterocycles. The predicted molar refractivity (Wildman–Crippen MR) is 86.3 cm³/mol. The van der Waals surface area contributed by atoms with Crippen LogP contribution in [-0.2, 0) is 12.8 Å². The summed E-state index contributed by atoms with van der Waals surface area (Å²) in [6.45, 7) is 4.22. The fourth-order valence-electron chi connectivity index (χ4n) is 5.12. The summed E-state index contributed by atoms with van der Waals surface area (Å²) in [6, 6.07) is 9.03. The number of hydrogen-bond acceptors (Lipinski definition) is 3. The Bertz CT molecular complexity index is 545. The van der Waals surface area contributed by atoms with Crippen LogP contribution in [0.5, 0.6) is 0 Å². The second kappa shape index (κ2) is 4.75. The van der Waals surface area contributed by atoms with Crippen LogP contribution in [-0.4, -0.2) is 29.5 Å². The van der Waals surface area contributed by atoms with E-state index in [9.17, 15) is 0 Å². The van der Waals surface area contributed by atoms with Crippen molar-refractivity contribution in [1.82, 2.24) is 4.90 Å². The first-order chi connectivity index (χ1) is 10.3. The Kier molecular flexibility index (Phi) is 2.98. The van der Waals surface area contributed by atoms with E-state index in [1.807, 2.05) is 0 Å². The molecule has 2 unspecified atom stereocenters. The third-order valence-electron chi connectivity index (χ3n) is 6.05. The molecule has 3 nitrogen and oxygen atoms in total. The Morgan fingerprint density at radius 2 is 1.81 bits per heavy atom. The van der Waals surface area contributed by atoms with Gasteiger partial charge in [-0.05, 0) is 55.1 Å². The van der Waals surface area contributed by atoms with Gasteiger partial charge in [-0.3, -0.25) is 4.99 Å². The molecule has 1 fully saturated rings. The molecule has 0 aromatic heterocycles. The minimum Gasteiger partial charge on any atom is -0.370 e. The molecule has 3 heteroatoms. The maximum atomic E-state index is 6.25. The van der Waals surface area contributed by atoms with E-state index in [1.165, 1.54) is 25.7 Å². The molecule has 2 aliphatic carbocycles. The summed E-state index contributed by atoms with van der Waals surface area (Å²) in [6.07, 6.45) is 6.22. The van der Waals surface area contributed by atoms with E-state index in [0.29, 0.717) is 11.8 Å². The summed E-state index contributed by atoms with van der Waals surface area (Å²) in [5.41, 5.74) is 9.58. The first-order valence-electron chi connectivity index (χ1n) is 8.40. The maximum Gasteiger partial charge on any atom is 0.191 e. The molecule has 1 saturated carbocycles. The van der Waals surface area contributed by atoms with E-state index >= 15 is 0 Å². The van der Waals surface area contributed by atoms with Crippen LogP contribution in [0.2, 0.25) is 0 Å². The van der Waals surface area contributed by atoms with Gasteiger partial charge in [0, 0.05) is 6.54 Å². The predicted octanol–water partition coefficient (Wildman–Crippen LogP) is 2.59. The molecule has 0 saturated heterocycles. The van der Waals surface area contributed by atoms with Crippen molar-refractivity contribution in [2.75, 3.05) is 13.1 Å². The monoisotopic (exact) mass is 283 g/mol. The minimum absolute atomic E-state index is 0.207. The normalized spacial score (nSPS) is 34.0. The number of nitrogens with zero attached hydrogens (tertiary/aromatic N) is 2. The molecule has 21 heavy (non-hydrogen) atoms. The standard InChI is InChI=1S/C18H25N3/c1-2-9-21-17(19)20-12-18(21)15-7-8-16(18)11-14-6-4-3-5-13(14)10-15/h3-6,15-16H,2,7-12H2,1H3,(H2,19,20). The van der Waals surface area contributed by atoms with Crippen LogP contribution in [0, 0.1) is 11.8 Å². The molecular weight excluding hydrogens is 258 g/mol. The highest BCUT2D eigenvalue weighted by Crippen LogP contribution is 2.52. The highest BCUT2D eigenvalue weighted by Gasteiger charge is 2.57. The zero-order valence-corrected chi connectivity index (χ0v) is 12.9. The summed E-state index contributed by atoms with van der Waals surface area (Å²) in [5, 5.41) is 0. The lowest BCUT2D eigenvalue weighted by Gasteiger charge is -2.44. The Morgan fingerprint density at radius 1 is 1.19 bits per heavy atom. The topological polar surface area (TPSA) is 41.6 Å². The number of guanidine groups is 1. The van der Waals surface area contributed by atoms with Crippen molar-refractivity contribution < 1.29 is 0 Å². The highest BCUT2D eigenvalue weighted by molar-refractivity contribution is 5.81. The van der Waals surface area contributed by atoms with Gasteiger partial charge in [-0.1, -0.05) is 31.2 Å². The van der Waals surface area contributed by atoms with Crippen molar-refractivity contribution in [3.8, 4) is 0 Å². The van der Waals surface area contributed by atoms with Crippen molar-refractivity contribution in [3.63, 3.8) is 0 Å². The third kappa shape index (κ3) is 1.76. The van der Waals surface area contributed by atoms with Crippen LogP contribution in [0.4, 0.5) is 0 Å². The van der Waals surface area contributed by atoms with E-state index in [-0.39, 0.29) is 5.54 Å². The lowest BCUT2D eigenvalue weighted by atomic mass is 9.78. The van der Waals surface area contributed by atoms with Gasteiger partial charge >= 0.3 is 0 Å². The van der Waals surface area contributed by atoms with Crippen LogP contribution in [0.3, 0.4) is 0 Å². The second-order valence-electron chi connectivity index (χ2n) is 6.97. The smallest absolute Gasteiger partial charge is 0.191 e. The molecule has 3 aliphatic rings. The molecule has 112 valence electrons. The number of hydrogen-bond donors (Lipinski definition) is 1. The molecular formula is C18H25N3. The average Bonchev–Trinajstić information content (AvgIpc) is 2.92. The third-order valence-corrected chi connectivity index (χ3v) is 6.05. The van der Waals surface area contributed by atoms with Gasteiger partial charge in [0.15, 0.2) is 5.96 Å². The summed E-state index contributed by atoms with van der Waals surface area (Å²) in [5.74, 6) is 2.21. The number of fused-ring (bicyclic) bond motifs is 1. The van der Waals surface area contributed by atoms with Crippen LogP contribution in [0.1, 0.15) is 37.3 Å². The van der Waals surface area contributed by atoms with Crippen molar-refractivity contribution >= 4 is 5.96 Å². The summed E-state index contributed by atoms with van der Waals surface area (Å²) in [7, 11) is 0. The Labute approximate surface area is 127 Å². The van der Waals surface area contributed by atoms with E-state index in [1.54, 1.807) is 11.1 Å². The number of aliphatic imine (C=N–C) groups is 1. The van der Waals surface area contributed by atoms with Gasteiger partial charge in [-0.15, -0.1) is 0 Å². The SMILES string of the molecule is CCCN1C(N)=NCC12C1CCC2Cc2ccccc2C1. The molecule has 4 rings (SSSR count). The van der Waals surface area contributed by atoms with Crippen LogP contribution in [0.15, 0.2) is 29.3 Å². The Morgan fingerprint density at radius 3 is 2.38 bits per heavy atom. The quantitative estimate of drug-likeness (QED) is 0.906. The average molecular weight is 283 g/mol. The van der Waals surface area contributed by atoms with Crippen molar-refractivity contribution in [1.29, 1.82) is 0 Å². The van der Waals surface area contributed by atoms with Gasteiger partial charge in [0.2, 0.25) is 0 Å². The van der Waals surface area contributed by atoms with Crippen molar-refractivity contribution in [3.05, 3.63) is 35.4 Å². The summed E-state index contributed by atoms with van der Waals surface area (Å²) >= 11 is 0. The molecule has 2 bridgehead atoms. The van der Waals surface area contributed by atoms with Crippen LogP contribution in [0.25, 0.3) is 0 Å². The van der Waals surface area contributed by atoms with Crippen LogP contribution < -0.4 is 5.73 Å². The number of benzene rings is 1. The minimum atomic E-state index is 0.207. The van der Waals surface area contributed by atoms with Crippen LogP contribution >= 0.6 is 0 Å². The van der Waals surface area contributed by atoms with Gasteiger partial charge < -0.3 is 10.6 Å². The Balaban J connectivity index is 1.75. The molecule has 2 N–H and O–H groups in total. The molecule has 1 aromatic carbocycles. The van der Waals surface area contributed by atoms with E-state index in [2.05, 4.69) is 41.1 Å². The molecule has 1 aromatic rings. The van der Waals surface area contributed by atoms with Gasteiger partial charge in [0.05, 0.1) is 12.1 Å². The molecule has 1 spiro atoms. The number of nitrogens with two attached hydrogens (primary N) is 1. The first-order valence-corrected chi connectivity index (χ1v) is 8.40. The number of rotatable bonds is 2. The molecule has 1 aliphatic heterocycles. The van der Waals surface area contributed by atoms with Gasteiger partial charge in [-0.2, -0.15) is 0 Å². The molecule has 0 radical (unpaired) electrons.